The average Bonchev–Trinajstić information content (AvgIpc) is 3.35. The Labute approximate surface area is 169 Å². The highest BCUT2D eigenvalue weighted by molar-refractivity contribution is 7.09. The summed E-state index contributed by atoms with van der Waals surface area (Å²) in [6.07, 6.45) is 9.81. The summed E-state index contributed by atoms with van der Waals surface area (Å²) in [7, 11) is 0. The molecule has 144 valence electrons. The molecule has 1 fully saturated rings. The standard InChI is InChI=1S/C23H25N3OS/c1-15-6-8-18(9-7-15)26-20-12-17-4-3-5-19(21(27)22-24-10-11-28-22)23(17,2)13-16(20)14-25-26/h6-12,14,19,21,27H,3-5,13H2,1-2H3/t19-,21-,23+/m1/s1. The summed E-state index contributed by atoms with van der Waals surface area (Å²) in [6, 6.07) is 8.52. The number of aryl methyl sites for hydroxylation is 1. The molecule has 0 spiro atoms. The van der Waals surface area contributed by atoms with E-state index >= 15 is 0 Å². The molecule has 5 heteroatoms. The summed E-state index contributed by atoms with van der Waals surface area (Å²) >= 11 is 1.55. The maximum absolute atomic E-state index is 11.1. The van der Waals surface area contributed by atoms with E-state index in [4.69, 9.17) is 5.10 Å². The lowest BCUT2D eigenvalue weighted by molar-refractivity contribution is 0.0216. The maximum atomic E-state index is 11.1. The zero-order chi connectivity index (χ0) is 19.3. The highest BCUT2D eigenvalue weighted by atomic mass is 32.1. The van der Waals surface area contributed by atoms with Crippen LogP contribution in [0.15, 0.2) is 47.6 Å². The Morgan fingerprint density at radius 3 is 2.86 bits per heavy atom. The summed E-state index contributed by atoms with van der Waals surface area (Å²) < 4.78 is 2.06. The normalized spacial score (nSPS) is 25.0. The van der Waals surface area contributed by atoms with Crippen LogP contribution in [0.3, 0.4) is 0 Å². The molecule has 1 aromatic carbocycles. The van der Waals surface area contributed by atoms with Crippen molar-refractivity contribution in [2.24, 2.45) is 11.3 Å². The van der Waals surface area contributed by atoms with Crippen molar-refractivity contribution in [3.8, 4) is 5.69 Å². The Hall–Kier alpha value is -2.24. The van der Waals surface area contributed by atoms with Crippen LogP contribution in [-0.4, -0.2) is 19.9 Å². The molecule has 3 atom stereocenters. The lowest BCUT2D eigenvalue weighted by Gasteiger charge is -2.47. The van der Waals surface area contributed by atoms with Gasteiger partial charge in [-0.15, -0.1) is 11.3 Å². The van der Waals surface area contributed by atoms with E-state index in [0.29, 0.717) is 0 Å². The molecule has 2 aliphatic carbocycles. The summed E-state index contributed by atoms with van der Waals surface area (Å²) in [5, 5.41) is 18.6. The quantitative estimate of drug-likeness (QED) is 0.674. The number of rotatable bonds is 3. The first-order valence-electron chi connectivity index (χ1n) is 9.99. The number of aliphatic hydroxyl groups is 1. The molecule has 2 aliphatic rings. The Balaban J connectivity index is 1.54. The number of benzene rings is 1. The van der Waals surface area contributed by atoms with E-state index in [0.717, 1.165) is 36.4 Å². The summed E-state index contributed by atoms with van der Waals surface area (Å²) in [6.45, 7) is 4.43. The molecule has 0 saturated heterocycles. The number of allylic oxidation sites excluding steroid dienone is 1. The number of hydrogen-bond acceptors (Lipinski definition) is 4. The van der Waals surface area contributed by atoms with Gasteiger partial charge in [0.05, 0.1) is 17.6 Å². The molecule has 1 N–H and O–H groups in total. The van der Waals surface area contributed by atoms with Crippen LogP contribution in [0.5, 0.6) is 0 Å². The molecule has 2 aromatic heterocycles. The fraction of sp³-hybridized carbons (Fsp3) is 0.391. The van der Waals surface area contributed by atoms with Gasteiger partial charge in [-0.2, -0.15) is 5.10 Å². The fourth-order valence-corrected chi connectivity index (χ4v) is 5.72. The van der Waals surface area contributed by atoms with Crippen LogP contribution in [0.4, 0.5) is 0 Å². The van der Waals surface area contributed by atoms with Gasteiger partial charge in [0.15, 0.2) is 0 Å². The third-order valence-corrected chi connectivity index (χ3v) is 7.48. The van der Waals surface area contributed by atoms with Crippen LogP contribution >= 0.6 is 11.3 Å². The second kappa shape index (κ2) is 6.68. The van der Waals surface area contributed by atoms with E-state index in [1.807, 2.05) is 11.6 Å². The predicted octanol–water partition coefficient (Wildman–Crippen LogP) is 5.12. The molecule has 0 bridgehead atoms. The Kier molecular flexibility index (Phi) is 4.25. The first-order chi connectivity index (χ1) is 13.6. The molecule has 0 unspecified atom stereocenters. The molecule has 1 saturated carbocycles. The van der Waals surface area contributed by atoms with Gasteiger partial charge in [-0.3, -0.25) is 0 Å². The van der Waals surface area contributed by atoms with Crippen LogP contribution in [0.2, 0.25) is 0 Å². The van der Waals surface area contributed by atoms with Crippen LogP contribution < -0.4 is 0 Å². The molecular formula is C23H25N3OS. The van der Waals surface area contributed by atoms with E-state index in [1.165, 1.54) is 22.4 Å². The second-order valence-electron chi connectivity index (χ2n) is 8.38. The lowest BCUT2D eigenvalue weighted by Crippen LogP contribution is -2.40. The number of thiazole rings is 1. The SMILES string of the molecule is Cc1ccc(-n2ncc3c2C=C2CCC[C@H]([C@@H](O)c4nccs4)[C@@]2(C)C3)cc1. The molecule has 0 radical (unpaired) electrons. The second-order valence-corrected chi connectivity index (χ2v) is 9.31. The molecular weight excluding hydrogens is 366 g/mol. The van der Waals surface area contributed by atoms with Crippen LogP contribution in [0.1, 0.15) is 54.1 Å². The number of hydrogen-bond donors (Lipinski definition) is 1. The maximum Gasteiger partial charge on any atom is 0.121 e. The molecule has 0 aliphatic heterocycles. The van der Waals surface area contributed by atoms with E-state index in [2.05, 4.69) is 53.9 Å². The molecule has 2 heterocycles. The first kappa shape index (κ1) is 17.8. The molecule has 4 nitrogen and oxygen atoms in total. The van der Waals surface area contributed by atoms with Crippen molar-refractivity contribution in [3.63, 3.8) is 0 Å². The van der Waals surface area contributed by atoms with Gasteiger partial charge in [0.1, 0.15) is 11.1 Å². The summed E-state index contributed by atoms with van der Waals surface area (Å²) in [5.74, 6) is 0.189. The summed E-state index contributed by atoms with van der Waals surface area (Å²) in [4.78, 5) is 4.39. The fourth-order valence-electron chi connectivity index (χ4n) is 5.03. The van der Waals surface area contributed by atoms with Gasteiger partial charge in [0.25, 0.3) is 0 Å². The average molecular weight is 392 g/mol. The Morgan fingerprint density at radius 1 is 1.29 bits per heavy atom. The van der Waals surface area contributed by atoms with E-state index in [-0.39, 0.29) is 11.3 Å². The Bertz CT molecular complexity index is 1020. The minimum absolute atomic E-state index is 0.0442. The third kappa shape index (κ3) is 2.76. The zero-order valence-corrected chi connectivity index (χ0v) is 17.1. The van der Waals surface area contributed by atoms with Crippen molar-refractivity contribution < 1.29 is 5.11 Å². The van der Waals surface area contributed by atoms with E-state index < -0.39 is 6.10 Å². The smallest absolute Gasteiger partial charge is 0.121 e. The van der Waals surface area contributed by atoms with E-state index in [9.17, 15) is 5.11 Å². The van der Waals surface area contributed by atoms with Gasteiger partial charge in [-0.05, 0) is 61.8 Å². The van der Waals surface area contributed by atoms with Crippen LogP contribution in [-0.2, 0) is 6.42 Å². The molecule has 28 heavy (non-hydrogen) atoms. The Morgan fingerprint density at radius 2 is 2.11 bits per heavy atom. The highest BCUT2D eigenvalue weighted by Crippen LogP contribution is 2.54. The topological polar surface area (TPSA) is 50.9 Å². The van der Waals surface area contributed by atoms with Gasteiger partial charge >= 0.3 is 0 Å². The van der Waals surface area contributed by atoms with Crippen molar-refractivity contribution in [1.82, 2.24) is 14.8 Å². The minimum atomic E-state index is -0.498. The minimum Gasteiger partial charge on any atom is -0.386 e. The van der Waals surface area contributed by atoms with Gasteiger partial charge in [0.2, 0.25) is 0 Å². The predicted molar refractivity (Wildman–Crippen MR) is 113 cm³/mol. The summed E-state index contributed by atoms with van der Waals surface area (Å²) in [5.41, 5.74) is 6.22. The van der Waals surface area contributed by atoms with Crippen molar-refractivity contribution in [2.75, 3.05) is 0 Å². The number of nitrogens with zero attached hydrogens (tertiary/aromatic N) is 3. The highest BCUT2D eigenvalue weighted by Gasteiger charge is 2.47. The van der Waals surface area contributed by atoms with Gasteiger partial charge < -0.3 is 5.11 Å². The van der Waals surface area contributed by atoms with Crippen molar-refractivity contribution in [2.45, 2.75) is 45.6 Å². The van der Waals surface area contributed by atoms with Gasteiger partial charge in [-0.25, -0.2) is 9.67 Å². The number of fused-ring (bicyclic) bond motifs is 2. The third-order valence-electron chi connectivity index (χ3n) is 6.63. The first-order valence-corrected chi connectivity index (χ1v) is 10.9. The van der Waals surface area contributed by atoms with Crippen LogP contribution in [0.25, 0.3) is 11.8 Å². The molecule has 0 amide bonds. The molecule has 3 aromatic rings. The zero-order valence-electron chi connectivity index (χ0n) is 16.3. The van der Waals surface area contributed by atoms with Gasteiger partial charge in [-0.1, -0.05) is 30.2 Å². The largest absolute Gasteiger partial charge is 0.386 e. The number of aliphatic hydroxyl groups excluding tert-OH is 1. The van der Waals surface area contributed by atoms with Crippen molar-refractivity contribution in [1.29, 1.82) is 0 Å². The van der Waals surface area contributed by atoms with Gasteiger partial charge in [0, 0.05) is 17.5 Å². The van der Waals surface area contributed by atoms with Crippen LogP contribution in [0, 0.1) is 18.3 Å². The lowest BCUT2D eigenvalue weighted by atomic mass is 9.58. The van der Waals surface area contributed by atoms with E-state index in [1.54, 1.807) is 17.5 Å². The van der Waals surface area contributed by atoms with Crippen molar-refractivity contribution >= 4 is 17.4 Å². The monoisotopic (exact) mass is 391 g/mol. The van der Waals surface area contributed by atoms with Crippen molar-refractivity contribution in [3.05, 3.63) is 69.4 Å². The number of aromatic nitrogens is 3. The molecule has 5 rings (SSSR count).